The van der Waals surface area contributed by atoms with Crippen LogP contribution < -0.4 is 21.0 Å². The number of nitrogens with zero attached hydrogens (tertiary/aromatic N) is 3. The van der Waals surface area contributed by atoms with E-state index >= 15 is 0 Å². The standard InChI is InChI=1S/C20H27Cl2F3N6O2/c1-4-30(14-7-5-13(21)6-8-14)10-9-29(3)16(32)12-31-15(11-27-19(33)26-2)17(22)18(28-31)20(23,24)25/h5-8,18,28H,4,9-12H2,1-3H3,(H2,26,27,33). The zero-order chi connectivity index (χ0) is 24.8. The maximum absolute atomic E-state index is 13.3. The second-order valence-electron chi connectivity index (χ2n) is 7.29. The molecule has 1 atom stereocenters. The molecule has 184 valence electrons. The van der Waals surface area contributed by atoms with Crippen molar-refractivity contribution in [2.75, 3.05) is 51.7 Å². The number of alkyl halides is 3. The molecule has 2 rings (SSSR count). The number of carbonyl (C=O) groups excluding carboxylic acids is 2. The van der Waals surface area contributed by atoms with E-state index in [9.17, 15) is 22.8 Å². The summed E-state index contributed by atoms with van der Waals surface area (Å²) in [6.45, 7) is 2.85. The van der Waals surface area contributed by atoms with Crippen molar-refractivity contribution < 1.29 is 22.8 Å². The van der Waals surface area contributed by atoms with Crippen molar-refractivity contribution in [3.05, 3.63) is 40.0 Å². The van der Waals surface area contributed by atoms with E-state index in [1.54, 1.807) is 19.2 Å². The predicted octanol–water partition coefficient (Wildman–Crippen LogP) is 2.76. The van der Waals surface area contributed by atoms with Crippen LogP contribution in [0, 0.1) is 0 Å². The van der Waals surface area contributed by atoms with Crippen LogP contribution in [-0.4, -0.2) is 80.9 Å². The van der Waals surface area contributed by atoms with E-state index < -0.39 is 35.7 Å². The van der Waals surface area contributed by atoms with Crippen molar-refractivity contribution in [2.45, 2.75) is 19.1 Å². The summed E-state index contributed by atoms with van der Waals surface area (Å²) in [7, 11) is 2.94. The van der Waals surface area contributed by atoms with Crippen molar-refractivity contribution >= 4 is 40.8 Å². The fraction of sp³-hybridized carbons (Fsp3) is 0.500. The van der Waals surface area contributed by atoms with Crippen molar-refractivity contribution in [1.29, 1.82) is 0 Å². The molecule has 0 aliphatic carbocycles. The first kappa shape index (κ1) is 26.9. The lowest BCUT2D eigenvalue weighted by atomic mass is 10.2. The first-order valence-corrected chi connectivity index (χ1v) is 10.9. The van der Waals surface area contributed by atoms with Gasteiger partial charge in [0.1, 0.15) is 6.54 Å². The van der Waals surface area contributed by atoms with Gasteiger partial charge < -0.3 is 20.4 Å². The van der Waals surface area contributed by atoms with Crippen LogP contribution in [0.3, 0.4) is 0 Å². The number of amides is 3. The molecule has 1 aliphatic rings. The Balaban J connectivity index is 2.03. The minimum atomic E-state index is -4.67. The molecule has 0 radical (unpaired) electrons. The number of urea groups is 1. The smallest absolute Gasteiger partial charge is 0.370 e. The summed E-state index contributed by atoms with van der Waals surface area (Å²) in [4.78, 5) is 27.7. The molecule has 0 spiro atoms. The molecule has 1 aromatic rings. The summed E-state index contributed by atoms with van der Waals surface area (Å²) >= 11 is 11.9. The number of anilines is 1. The summed E-state index contributed by atoms with van der Waals surface area (Å²) in [6, 6.07) is 4.55. The number of benzene rings is 1. The van der Waals surface area contributed by atoms with Crippen molar-refractivity contribution in [1.82, 2.24) is 26.0 Å². The summed E-state index contributed by atoms with van der Waals surface area (Å²) in [5, 5.41) is 5.83. The van der Waals surface area contributed by atoms with Gasteiger partial charge in [-0.2, -0.15) is 13.2 Å². The molecule has 0 fully saturated rings. The molecule has 8 nitrogen and oxygen atoms in total. The third-order valence-corrected chi connectivity index (χ3v) is 5.80. The van der Waals surface area contributed by atoms with Gasteiger partial charge in [0.25, 0.3) is 0 Å². The summed E-state index contributed by atoms with van der Waals surface area (Å²) in [5.74, 6) is -0.417. The van der Waals surface area contributed by atoms with E-state index in [1.165, 1.54) is 11.9 Å². The number of halogens is 5. The molecule has 0 saturated heterocycles. The van der Waals surface area contributed by atoms with Crippen molar-refractivity contribution in [3.63, 3.8) is 0 Å². The number of likely N-dealkylation sites (N-methyl/N-ethyl adjacent to an activating group) is 2. The van der Waals surface area contributed by atoms with Gasteiger partial charge in [0.2, 0.25) is 5.91 Å². The lowest BCUT2D eigenvalue weighted by Crippen LogP contribution is -2.50. The highest BCUT2D eigenvalue weighted by Crippen LogP contribution is 2.34. The zero-order valence-electron chi connectivity index (χ0n) is 18.5. The Morgan fingerprint density at radius 3 is 2.36 bits per heavy atom. The van der Waals surface area contributed by atoms with Crippen LogP contribution in [0.1, 0.15) is 6.92 Å². The molecule has 0 aromatic heterocycles. The maximum Gasteiger partial charge on any atom is 0.410 e. The van der Waals surface area contributed by atoms with Gasteiger partial charge in [0.05, 0.1) is 17.3 Å². The van der Waals surface area contributed by atoms with Gasteiger partial charge in [-0.3, -0.25) is 9.80 Å². The number of hydrazine groups is 1. The molecule has 1 aliphatic heterocycles. The first-order valence-electron chi connectivity index (χ1n) is 10.2. The SMILES string of the molecule is CCN(CCN(C)C(=O)CN1NC(C(F)(F)F)C(Cl)=C1CNC(=O)NC)c1ccc(Cl)cc1. The predicted molar refractivity (Wildman–Crippen MR) is 122 cm³/mol. The Morgan fingerprint density at radius 2 is 1.82 bits per heavy atom. The Labute approximate surface area is 200 Å². The van der Waals surface area contributed by atoms with Crippen LogP contribution in [-0.2, 0) is 4.79 Å². The molecule has 0 bridgehead atoms. The number of carbonyl (C=O) groups is 2. The summed E-state index contributed by atoms with van der Waals surface area (Å²) < 4.78 is 40.0. The van der Waals surface area contributed by atoms with E-state index in [1.807, 2.05) is 24.0 Å². The number of hydrogen-bond acceptors (Lipinski definition) is 5. The fourth-order valence-corrected chi connectivity index (χ4v) is 3.62. The minimum absolute atomic E-state index is 0.0271. The van der Waals surface area contributed by atoms with Gasteiger partial charge in [0.15, 0.2) is 6.04 Å². The zero-order valence-corrected chi connectivity index (χ0v) is 20.0. The highest BCUT2D eigenvalue weighted by molar-refractivity contribution is 6.31. The normalized spacial score (nSPS) is 16.1. The molecular weight excluding hydrogens is 484 g/mol. The summed E-state index contributed by atoms with van der Waals surface area (Å²) in [5.41, 5.74) is 3.14. The highest BCUT2D eigenvalue weighted by atomic mass is 35.5. The van der Waals surface area contributed by atoms with Crippen LogP contribution in [0.5, 0.6) is 0 Å². The van der Waals surface area contributed by atoms with Gasteiger partial charge >= 0.3 is 12.2 Å². The largest absolute Gasteiger partial charge is 0.410 e. The van der Waals surface area contributed by atoms with Crippen LogP contribution in [0.15, 0.2) is 35.0 Å². The van der Waals surface area contributed by atoms with Gasteiger partial charge in [-0.15, -0.1) is 0 Å². The van der Waals surface area contributed by atoms with Crippen molar-refractivity contribution in [3.8, 4) is 0 Å². The molecule has 1 heterocycles. The Bertz CT molecular complexity index is 866. The van der Waals surface area contributed by atoms with Crippen LogP contribution in [0.25, 0.3) is 0 Å². The van der Waals surface area contributed by atoms with Crippen LogP contribution >= 0.6 is 23.2 Å². The van der Waals surface area contributed by atoms with E-state index in [0.29, 0.717) is 24.7 Å². The molecule has 13 heteroatoms. The summed E-state index contributed by atoms with van der Waals surface area (Å²) in [6.07, 6.45) is -4.67. The maximum atomic E-state index is 13.3. The Morgan fingerprint density at radius 1 is 1.18 bits per heavy atom. The van der Waals surface area contributed by atoms with E-state index in [2.05, 4.69) is 16.1 Å². The Kier molecular flexibility index (Phi) is 9.50. The number of hydrogen-bond donors (Lipinski definition) is 3. The Hall–Kier alpha value is -2.37. The van der Waals surface area contributed by atoms with Gasteiger partial charge in [0, 0.05) is 44.4 Å². The van der Waals surface area contributed by atoms with Crippen LogP contribution in [0.4, 0.5) is 23.7 Å². The molecule has 1 unspecified atom stereocenters. The molecular formula is C20H27Cl2F3N6O2. The second kappa shape index (κ2) is 11.7. The minimum Gasteiger partial charge on any atom is -0.370 e. The number of nitrogens with one attached hydrogen (secondary N) is 3. The third-order valence-electron chi connectivity index (χ3n) is 5.11. The molecule has 33 heavy (non-hydrogen) atoms. The van der Waals surface area contributed by atoms with Crippen molar-refractivity contribution in [2.24, 2.45) is 0 Å². The quantitative estimate of drug-likeness (QED) is 0.476. The fourth-order valence-electron chi connectivity index (χ4n) is 3.15. The van der Waals surface area contributed by atoms with Gasteiger partial charge in [-0.1, -0.05) is 23.2 Å². The monoisotopic (exact) mass is 510 g/mol. The van der Waals surface area contributed by atoms with Crippen LogP contribution in [0.2, 0.25) is 5.02 Å². The topological polar surface area (TPSA) is 80.0 Å². The lowest BCUT2D eigenvalue weighted by Gasteiger charge is -2.29. The average molecular weight is 511 g/mol. The molecule has 1 aromatic carbocycles. The number of rotatable bonds is 9. The van der Waals surface area contributed by atoms with E-state index in [-0.39, 0.29) is 12.2 Å². The molecule has 0 saturated carbocycles. The molecule has 3 N–H and O–H groups in total. The van der Waals surface area contributed by atoms with Gasteiger partial charge in [-0.05, 0) is 31.2 Å². The molecule has 3 amide bonds. The van der Waals surface area contributed by atoms with Gasteiger partial charge in [-0.25, -0.2) is 10.2 Å². The van der Waals surface area contributed by atoms with E-state index in [0.717, 1.165) is 10.7 Å². The highest BCUT2D eigenvalue weighted by Gasteiger charge is 2.48. The second-order valence-corrected chi connectivity index (χ2v) is 8.13. The average Bonchev–Trinajstić information content (AvgIpc) is 3.08. The van der Waals surface area contributed by atoms with E-state index in [4.69, 9.17) is 23.2 Å². The lowest BCUT2D eigenvalue weighted by molar-refractivity contribution is -0.152. The third kappa shape index (κ3) is 7.31. The first-order chi connectivity index (χ1) is 15.5.